The zero-order valence-electron chi connectivity index (χ0n) is 17.3. The van der Waals surface area contributed by atoms with Crippen LogP contribution in [0.4, 0.5) is 17.1 Å². The number of amides is 1. The molecular formula is C23H21N3O5S. The van der Waals surface area contributed by atoms with Crippen molar-refractivity contribution in [2.24, 2.45) is 0 Å². The number of nitrogens with zero attached hydrogens (tertiary/aromatic N) is 2. The number of sulfonamides is 1. The summed E-state index contributed by atoms with van der Waals surface area (Å²) < 4.78 is 27.8. The number of benzene rings is 3. The predicted molar refractivity (Wildman–Crippen MR) is 122 cm³/mol. The Labute approximate surface area is 185 Å². The number of nitrogens with one attached hydrogen (secondary N) is 1. The van der Waals surface area contributed by atoms with E-state index in [0.29, 0.717) is 17.7 Å². The van der Waals surface area contributed by atoms with Crippen LogP contribution in [0, 0.1) is 17.0 Å². The average Bonchev–Trinajstić information content (AvgIpc) is 2.78. The summed E-state index contributed by atoms with van der Waals surface area (Å²) >= 11 is 0. The minimum Gasteiger partial charge on any atom is -0.308 e. The summed E-state index contributed by atoms with van der Waals surface area (Å²) in [4.78, 5) is 25.1. The molecule has 0 aliphatic carbocycles. The summed E-state index contributed by atoms with van der Waals surface area (Å²) in [5.41, 5.74) is 2.82. The first kappa shape index (κ1) is 21.5. The van der Waals surface area contributed by atoms with Gasteiger partial charge < -0.3 is 4.90 Å². The van der Waals surface area contributed by atoms with Gasteiger partial charge in [0.2, 0.25) is 0 Å². The minimum atomic E-state index is -4.03. The smallest absolute Gasteiger partial charge is 0.273 e. The van der Waals surface area contributed by atoms with E-state index < -0.39 is 14.9 Å². The van der Waals surface area contributed by atoms with Gasteiger partial charge >= 0.3 is 0 Å². The van der Waals surface area contributed by atoms with Gasteiger partial charge in [0, 0.05) is 35.1 Å². The Balaban J connectivity index is 1.54. The maximum Gasteiger partial charge on any atom is 0.273 e. The van der Waals surface area contributed by atoms with E-state index in [9.17, 15) is 23.3 Å². The van der Waals surface area contributed by atoms with Gasteiger partial charge in [-0.25, -0.2) is 8.42 Å². The summed E-state index contributed by atoms with van der Waals surface area (Å²) in [7, 11) is -4.03. The van der Waals surface area contributed by atoms with Crippen molar-refractivity contribution in [1.82, 2.24) is 0 Å². The molecule has 1 N–H and O–H groups in total. The molecule has 0 aromatic heterocycles. The van der Waals surface area contributed by atoms with Crippen molar-refractivity contribution in [3.8, 4) is 0 Å². The van der Waals surface area contributed by atoms with E-state index in [-0.39, 0.29) is 22.2 Å². The van der Waals surface area contributed by atoms with Crippen molar-refractivity contribution in [1.29, 1.82) is 0 Å². The van der Waals surface area contributed by atoms with E-state index in [1.807, 2.05) is 24.3 Å². The van der Waals surface area contributed by atoms with Crippen molar-refractivity contribution in [2.45, 2.75) is 24.7 Å². The fraction of sp³-hybridized carbons (Fsp3) is 0.174. The molecule has 3 aromatic carbocycles. The Morgan fingerprint density at radius 1 is 1.06 bits per heavy atom. The number of hydrogen-bond donors (Lipinski definition) is 1. The second-order valence-electron chi connectivity index (χ2n) is 7.58. The maximum atomic E-state index is 13.0. The fourth-order valence-corrected chi connectivity index (χ4v) is 4.83. The van der Waals surface area contributed by atoms with Gasteiger partial charge in [-0.1, -0.05) is 24.3 Å². The molecule has 0 fully saturated rings. The third-order valence-corrected chi connectivity index (χ3v) is 6.81. The molecule has 8 nitrogen and oxygen atoms in total. The number of hydrogen-bond acceptors (Lipinski definition) is 5. The molecule has 0 spiro atoms. The Morgan fingerprint density at radius 3 is 2.50 bits per heavy atom. The summed E-state index contributed by atoms with van der Waals surface area (Å²) in [6.45, 7) is 2.16. The molecular weight excluding hydrogens is 430 g/mol. The molecule has 0 unspecified atom stereocenters. The highest BCUT2D eigenvalue weighted by molar-refractivity contribution is 7.92. The van der Waals surface area contributed by atoms with Crippen LogP contribution < -0.4 is 9.62 Å². The van der Waals surface area contributed by atoms with Crippen LogP contribution in [0.15, 0.2) is 71.6 Å². The van der Waals surface area contributed by atoms with Crippen LogP contribution >= 0.6 is 0 Å². The van der Waals surface area contributed by atoms with Crippen LogP contribution in [0.5, 0.6) is 0 Å². The molecule has 4 rings (SSSR count). The lowest BCUT2D eigenvalue weighted by molar-refractivity contribution is -0.385. The highest BCUT2D eigenvalue weighted by Gasteiger charge is 2.24. The van der Waals surface area contributed by atoms with Crippen LogP contribution in [-0.2, 0) is 16.4 Å². The normalized spacial score (nSPS) is 13.3. The molecule has 0 bridgehead atoms. The summed E-state index contributed by atoms with van der Waals surface area (Å²) in [5, 5.41) is 11.1. The van der Waals surface area contributed by atoms with Gasteiger partial charge in [0.05, 0.1) is 9.82 Å². The van der Waals surface area contributed by atoms with E-state index in [1.54, 1.807) is 24.0 Å². The molecule has 1 aliphatic rings. The number of carbonyl (C=O) groups is 1. The quantitative estimate of drug-likeness (QED) is 0.459. The average molecular weight is 452 g/mol. The van der Waals surface area contributed by atoms with Gasteiger partial charge in [-0.15, -0.1) is 0 Å². The minimum absolute atomic E-state index is 0.152. The summed E-state index contributed by atoms with van der Waals surface area (Å²) in [6.07, 6.45) is 1.81. The lowest BCUT2D eigenvalue weighted by atomic mass is 10.0. The monoisotopic (exact) mass is 451 g/mol. The number of aryl methyl sites for hydroxylation is 2. The zero-order valence-corrected chi connectivity index (χ0v) is 18.1. The summed E-state index contributed by atoms with van der Waals surface area (Å²) in [5.74, 6) is -0.152. The number of nitro groups is 1. The highest BCUT2D eigenvalue weighted by Crippen LogP contribution is 2.29. The predicted octanol–water partition coefficient (Wildman–Crippen LogP) is 4.30. The Kier molecular flexibility index (Phi) is 5.67. The van der Waals surface area contributed by atoms with E-state index in [1.165, 1.54) is 24.3 Å². The van der Waals surface area contributed by atoms with Crippen molar-refractivity contribution >= 4 is 33.0 Å². The van der Waals surface area contributed by atoms with E-state index >= 15 is 0 Å². The molecule has 1 heterocycles. The van der Waals surface area contributed by atoms with Crippen LogP contribution in [0.3, 0.4) is 0 Å². The molecule has 1 amide bonds. The Hall–Kier alpha value is -3.72. The number of rotatable bonds is 5. The third kappa shape index (κ3) is 4.19. The van der Waals surface area contributed by atoms with Crippen LogP contribution in [0.2, 0.25) is 0 Å². The van der Waals surface area contributed by atoms with Crippen molar-refractivity contribution < 1.29 is 18.1 Å². The van der Waals surface area contributed by atoms with Gasteiger partial charge in [0.1, 0.15) is 0 Å². The van der Waals surface area contributed by atoms with E-state index in [4.69, 9.17) is 0 Å². The van der Waals surface area contributed by atoms with Gasteiger partial charge in [-0.3, -0.25) is 19.6 Å². The highest BCUT2D eigenvalue weighted by atomic mass is 32.2. The molecule has 0 saturated heterocycles. The topological polar surface area (TPSA) is 110 Å². The van der Waals surface area contributed by atoms with Gasteiger partial charge in [-0.2, -0.15) is 0 Å². The van der Waals surface area contributed by atoms with E-state index in [0.717, 1.165) is 30.2 Å². The maximum absolute atomic E-state index is 13.0. The number of carbonyl (C=O) groups excluding carboxylic acids is 1. The first-order chi connectivity index (χ1) is 15.3. The second kappa shape index (κ2) is 8.43. The fourth-order valence-electron chi connectivity index (χ4n) is 3.75. The molecule has 32 heavy (non-hydrogen) atoms. The van der Waals surface area contributed by atoms with Gasteiger partial charge in [0.25, 0.3) is 21.6 Å². The lowest BCUT2D eigenvalue weighted by Gasteiger charge is -2.29. The Morgan fingerprint density at radius 2 is 1.78 bits per heavy atom. The molecule has 164 valence electrons. The van der Waals surface area contributed by atoms with Gasteiger partial charge in [-0.05, 0) is 61.7 Å². The van der Waals surface area contributed by atoms with Crippen LogP contribution in [0.25, 0.3) is 0 Å². The molecule has 0 saturated carbocycles. The molecule has 1 aliphatic heterocycles. The van der Waals surface area contributed by atoms with Crippen molar-refractivity contribution in [3.05, 3.63) is 93.5 Å². The summed E-state index contributed by atoms with van der Waals surface area (Å²) in [6, 6.07) is 17.7. The Bertz CT molecular complexity index is 1300. The van der Waals surface area contributed by atoms with Crippen molar-refractivity contribution in [3.63, 3.8) is 0 Å². The largest absolute Gasteiger partial charge is 0.308 e. The number of nitro benzene ring substituents is 1. The molecule has 3 aromatic rings. The number of para-hydroxylation sites is 1. The van der Waals surface area contributed by atoms with Crippen LogP contribution in [-0.4, -0.2) is 25.8 Å². The molecule has 0 atom stereocenters. The molecule has 0 radical (unpaired) electrons. The first-order valence-electron chi connectivity index (χ1n) is 10.0. The number of anilines is 2. The third-order valence-electron chi connectivity index (χ3n) is 5.43. The molecule has 9 heteroatoms. The van der Waals surface area contributed by atoms with E-state index in [2.05, 4.69) is 4.72 Å². The SMILES string of the molecule is Cc1ccc(S(=O)(=O)Nc2ccc(C(=O)N3CCCc4ccccc43)cc2)cc1[N+](=O)[O-]. The second-order valence-corrected chi connectivity index (χ2v) is 9.26. The van der Waals surface area contributed by atoms with Crippen LogP contribution in [0.1, 0.15) is 27.9 Å². The number of fused-ring (bicyclic) bond motifs is 1. The van der Waals surface area contributed by atoms with Gasteiger partial charge in [0.15, 0.2) is 0 Å². The zero-order chi connectivity index (χ0) is 22.9. The standard InChI is InChI=1S/C23H21N3O5S/c1-16-8-13-20(15-22(16)26(28)29)32(30,31)24-19-11-9-18(10-12-19)23(27)25-14-4-6-17-5-2-3-7-21(17)25/h2-3,5,7-13,15,24H,4,6,14H2,1H3. The van der Waals surface area contributed by atoms with Crippen molar-refractivity contribution in [2.75, 3.05) is 16.2 Å². The lowest BCUT2D eigenvalue weighted by Crippen LogP contribution is -2.35. The first-order valence-corrected chi connectivity index (χ1v) is 11.5.